The zero-order chi connectivity index (χ0) is 20.1. The number of ether oxygens (including phenoxy) is 1. The van der Waals surface area contributed by atoms with E-state index in [1.54, 1.807) is 18.5 Å². The molecule has 0 aliphatic rings. The number of hydrogen-bond donors (Lipinski definition) is 1. The van der Waals surface area contributed by atoms with Gasteiger partial charge >= 0.3 is 5.97 Å². The van der Waals surface area contributed by atoms with E-state index in [2.05, 4.69) is 10.4 Å². The minimum Gasteiger partial charge on any atom is -0.452 e. The van der Waals surface area contributed by atoms with Crippen molar-refractivity contribution in [1.29, 1.82) is 0 Å². The Morgan fingerprint density at radius 2 is 1.71 bits per heavy atom. The molecule has 0 atom stereocenters. The number of anilines is 1. The van der Waals surface area contributed by atoms with Gasteiger partial charge in [0.2, 0.25) is 0 Å². The van der Waals surface area contributed by atoms with Gasteiger partial charge in [0.05, 0.1) is 17.1 Å². The largest absolute Gasteiger partial charge is 0.452 e. The molecule has 0 radical (unpaired) electrons. The molecule has 0 aliphatic carbocycles. The number of nitrogens with one attached hydrogen (secondary N) is 1. The van der Waals surface area contributed by atoms with Crippen LogP contribution < -0.4 is 5.32 Å². The van der Waals surface area contributed by atoms with Crippen LogP contribution in [0.15, 0.2) is 54.6 Å². The fourth-order valence-corrected chi connectivity index (χ4v) is 3.10. The lowest BCUT2D eigenvalue weighted by molar-refractivity contribution is -0.119. The highest BCUT2D eigenvalue weighted by Gasteiger charge is 2.21. The van der Waals surface area contributed by atoms with Crippen molar-refractivity contribution >= 4 is 17.6 Å². The van der Waals surface area contributed by atoms with Crippen LogP contribution in [0.25, 0.3) is 5.69 Å². The second-order valence-electron chi connectivity index (χ2n) is 6.43. The number of esters is 1. The third kappa shape index (κ3) is 4.11. The van der Waals surface area contributed by atoms with Crippen LogP contribution in [-0.2, 0) is 16.0 Å². The van der Waals surface area contributed by atoms with Gasteiger partial charge in [-0.1, -0.05) is 43.3 Å². The van der Waals surface area contributed by atoms with Gasteiger partial charge in [-0.15, -0.1) is 0 Å². The Balaban J connectivity index is 1.68. The molecule has 28 heavy (non-hydrogen) atoms. The smallest absolute Gasteiger partial charge is 0.342 e. The second-order valence-corrected chi connectivity index (χ2v) is 6.43. The van der Waals surface area contributed by atoms with Gasteiger partial charge in [-0.05, 0) is 44.0 Å². The number of carbonyl (C=O) groups is 2. The summed E-state index contributed by atoms with van der Waals surface area (Å²) in [7, 11) is 0. The fraction of sp³-hybridized carbons (Fsp3) is 0.227. The third-order valence-electron chi connectivity index (χ3n) is 4.50. The van der Waals surface area contributed by atoms with Crippen LogP contribution in [-0.4, -0.2) is 28.3 Å². The Morgan fingerprint density at radius 1 is 1.04 bits per heavy atom. The van der Waals surface area contributed by atoms with Gasteiger partial charge in [0.25, 0.3) is 5.91 Å². The summed E-state index contributed by atoms with van der Waals surface area (Å²) in [5.41, 5.74) is 4.23. The third-order valence-corrected chi connectivity index (χ3v) is 4.50. The first kappa shape index (κ1) is 19.4. The predicted octanol–water partition coefficient (Wildman–Crippen LogP) is 3.85. The highest BCUT2D eigenvalue weighted by molar-refractivity contribution is 5.96. The maximum Gasteiger partial charge on any atom is 0.342 e. The Bertz CT molecular complexity index is 994. The van der Waals surface area contributed by atoms with E-state index in [1.807, 2.05) is 61.5 Å². The molecule has 3 rings (SSSR count). The van der Waals surface area contributed by atoms with Crippen molar-refractivity contribution < 1.29 is 14.3 Å². The summed E-state index contributed by atoms with van der Waals surface area (Å²) in [5.74, 6) is -0.934. The van der Waals surface area contributed by atoms with Crippen LogP contribution in [0.4, 0.5) is 5.69 Å². The summed E-state index contributed by atoms with van der Waals surface area (Å²) < 4.78 is 6.94. The highest BCUT2D eigenvalue weighted by atomic mass is 16.5. The Kier molecular flexibility index (Phi) is 5.89. The summed E-state index contributed by atoms with van der Waals surface area (Å²) in [5, 5.41) is 7.23. The Hall–Kier alpha value is -3.41. The van der Waals surface area contributed by atoms with Crippen LogP contribution in [0, 0.1) is 13.8 Å². The van der Waals surface area contributed by atoms with Gasteiger partial charge < -0.3 is 10.1 Å². The molecular formula is C22H23N3O3. The molecule has 0 saturated carbocycles. The number of nitrogens with zero attached hydrogens (tertiary/aromatic N) is 2. The number of amides is 1. The van der Waals surface area contributed by atoms with E-state index < -0.39 is 5.97 Å². The van der Waals surface area contributed by atoms with Gasteiger partial charge in [0.1, 0.15) is 5.56 Å². The molecule has 0 unspecified atom stereocenters. The van der Waals surface area contributed by atoms with Crippen molar-refractivity contribution in [2.45, 2.75) is 27.2 Å². The maximum atomic E-state index is 12.6. The average molecular weight is 377 g/mol. The molecule has 0 fully saturated rings. The Labute approximate surface area is 164 Å². The van der Waals surface area contributed by atoms with Crippen molar-refractivity contribution in [3.05, 3.63) is 77.1 Å². The van der Waals surface area contributed by atoms with E-state index in [0.717, 1.165) is 23.4 Å². The van der Waals surface area contributed by atoms with Crippen molar-refractivity contribution in [3.63, 3.8) is 0 Å². The van der Waals surface area contributed by atoms with E-state index in [0.29, 0.717) is 17.0 Å². The molecule has 2 aromatic carbocycles. The van der Waals surface area contributed by atoms with Crippen LogP contribution in [0.3, 0.4) is 0 Å². The average Bonchev–Trinajstić information content (AvgIpc) is 3.01. The molecule has 1 N–H and O–H groups in total. The maximum absolute atomic E-state index is 12.6. The van der Waals surface area contributed by atoms with Crippen molar-refractivity contribution in [3.8, 4) is 5.69 Å². The van der Waals surface area contributed by atoms with Crippen molar-refractivity contribution in [2.24, 2.45) is 0 Å². The van der Waals surface area contributed by atoms with E-state index in [-0.39, 0.29) is 12.5 Å². The van der Waals surface area contributed by atoms with Gasteiger partial charge in [-0.3, -0.25) is 4.79 Å². The molecular weight excluding hydrogens is 354 g/mol. The number of hydrogen-bond acceptors (Lipinski definition) is 4. The minimum atomic E-state index is -0.559. The molecule has 0 bridgehead atoms. The van der Waals surface area contributed by atoms with Crippen LogP contribution in [0.1, 0.15) is 34.2 Å². The molecule has 0 spiro atoms. The lowest BCUT2D eigenvalue weighted by Crippen LogP contribution is -2.22. The molecule has 6 nitrogen and oxygen atoms in total. The van der Waals surface area contributed by atoms with Crippen molar-refractivity contribution in [2.75, 3.05) is 11.9 Å². The summed E-state index contributed by atoms with van der Waals surface area (Å²) in [6, 6.07) is 17.1. The number of benzene rings is 2. The number of aromatic nitrogens is 2. The number of aryl methyl sites for hydroxylation is 2. The van der Waals surface area contributed by atoms with Gasteiger partial charge in [-0.2, -0.15) is 5.10 Å². The lowest BCUT2D eigenvalue weighted by atomic mass is 10.1. The summed E-state index contributed by atoms with van der Waals surface area (Å²) in [6.45, 7) is 5.22. The zero-order valence-electron chi connectivity index (χ0n) is 16.2. The van der Waals surface area contributed by atoms with E-state index >= 15 is 0 Å². The zero-order valence-corrected chi connectivity index (χ0v) is 16.2. The lowest BCUT2D eigenvalue weighted by Gasteiger charge is -2.10. The molecule has 144 valence electrons. The first-order valence-corrected chi connectivity index (χ1v) is 9.17. The SMILES string of the molecule is CCc1ccccc1NC(=O)COC(=O)c1c(C)nn(-c2ccccc2)c1C. The standard InChI is InChI=1S/C22H23N3O3/c1-4-17-10-8-9-13-19(17)23-20(26)14-28-22(27)21-15(2)24-25(16(21)3)18-11-6-5-7-12-18/h5-13H,4,14H2,1-3H3,(H,23,26). The quantitative estimate of drug-likeness (QED) is 0.662. The predicted molar refractivity (Wildman–Crippen MR) is 108 cm³/mol. The van der Waals surface area contributed by atoms with Crippen LogP contribution in [0.5, 0.6) is 0 Å². The summed E-state index contributed by atoms with van der Waals surface area (Å²) in [4.78, 5) is 24.8. The molecule has 1 aromatic heterocycles. The highest BCUT2D eigenvalue weighted by Crippen LogP contribution is 2.19. The van der Waals surface area contributed by atoms with Gasteiger partial charge in [0.15, 0.2) is 6.61 Å². The summed E-state index contributed by atoms with van der Waals surface area (Å²) in [6.07, 6.45) is 0.799. The molecule has 1 heterocycles. The monoisotopic (exact) mass is 377 g/mol. The van der Waals surface area contributed by atoms with E-state index in [1.165, 1.54) is 0 Å². The Morgan fingerprint density at radius 3 is 2.43 bits per heavy atom. The molecule has 1 amide bonds. The molecule has 6 heteroatoms. The van der Waals surface area contributed by atoms with E-state index in [9.17, 15) is 9.59 Å². The topological polar surface area (TPSA) is 73.2 Å². The van der Waals surface area contributed by atoms with Crippen LogP contribution >= 0.6 is 0 Å². The van der Waals surface area contributed by atoms with Crippen molar-refractivity contribution in [1.82, 2.24) is 9.78 Å². The summed E-state index contributed by atoms with van der Waals surface area (Å²) >= 11 is 0. The first-order chi connectivity index (χ1) is 13.5. The number of carbonyl (C=O) groups excluding carboxylic acids is 2. The van der Waals surface area contributed by atoms with Gasteiger partial charge in [0, 0.05) is 5.69 Å². The van der Waals surface area contributed by atoms with Gasteiger partial charge in [-0.25, -0.2) is 9.48 Å². The van der Waals surface area contributed by atoms with Crippen LogP contribution in [0.2, 0.25) is 0 Å². The molecule has 3 aromatic rings. The first-order valence-electron chi connectivity index (χ1n) is 9.17. The van der Waals surface area contributed by atoms with E-state index in [4.69, 9.17) is 4.74 Å². The second kappa shape index (κ2) is 8.52. The molecule has 0 aliphatic heterocycles. The number of rotatable bonds is 6. The fourth-order valence-electron chi connectivity index (χ4n) is 3.10. The number of para-hydroxylation sites is 2. The molecule has 0 saturated heterocycles. The minimum absolute atomic E-state index is 0.355. The normalized spacial score (nSPS) is 10.5.